The van der Waals surface area contributed by atoms with Crippen molar-refractivity contribution in [1.82, 2.24) is 0 Å². The van der Waals surface area contributed by atoms with E-state index in [0.29, 0.717) is 18.8 Å². The van der Waals surface area contributed by atoms with Crippen molar-refractivity contribution >= 4 is 5.97 Å². The summed E-state index contributed by atoms with van der Waals surface area (Å²) in [4.78, 5) is 11.2. The average Bonchev–Trinajstić information content (AvgIpc) is 2.35. The van der Waals surface area contributed by atoms with Gasteiger partial charge in [-0.05, 0) is 30.6 Å². The molecule has 2 bridgehead atoms. The highest BCUT2D eigenvalue weighted by Crippen LogP contribution is 2.65. The van der Waals surface area contributed by atoms with Crippen LogP contribution in [0.5, 0.6) is 0 Å². The van der Waals surface area contributed by atoms with E-state index in [1.165, 1.54) is 0 Å². The molecule has 3 atom stereocenters. The summed E-state index contributed by atoms with van der Waals surface area (Å²) in [6, 6.07) is 0. The Kier molecular flexibility index (Phi) is 1.57. The molecule has 74 valence electrons. The third kappa shape index (κ3) is 0.766. The fraction of sp³-hybridized carbons (Fsp3) is 0.900. The molecule has 3 heteroatoms. The number of aliphatic hydroxyl groups is 1. The number of aliphatic carboxylic acids is 1. The van der Waals surface area contributed by atoms with E-state index < -0.39 is 17.5 Å². The molecule has 0 saturated heterocycles. The van der Waals surface area contributed by atoms with Gasteiger partial charge in [-0.3, -0.25) is 4.79 Å². The first kappa shape index (κ1) is 9.00. The minimum atomic E-state index is -0.863. The molecule has 3 nitrogen and oxygen atoms in total. The van der Waals surface area contributed by atoms with Crippen LogP contribution >= 0.6 is 0 Å². The summed E-state index contributed by atoms with van der Waals surface area (Å²) >= 11 is 0. The molecule has 2 aliphatic carbocycles. The van der Waals surface area contributed by atoms with Gasteiger partial charge >= 0.3 is 5.97 Å². The molecular formula is C10H16O3. The largest absolute Gasteiger partial charge is 0.481 e. The van der Waals surface area contributed by atoms with Crippen molar-refractivity contribution in [2.24, 2.45) is 16.7 Å². The van der Waals surface area contributed by atoms with Gasteiger partial charge in [0.15, 0.2) is 0 Å². The van der Waals surface area contributed by atoms with Crippen LogP contribution in [-0.4, -0.2) is 22.3 Å². The Hall–Kier alpha value is -0.570. The minimum absolute atomic E-state index is 0.238. The molecule has 0 aromatic heterocycles. The molecule has 0 aromatic rings. The van der Waals surface area contributed by atoms with Crippen LogP contribution in [0.25, 0.3) is 0 Å². The summed E-state index contributed by atoms with van der Waals surface area (Å²) < 4.78 is 0. The number of hydrogen-bond donors (Lipinski definition) is 2. The normalized spacial score (nSPS) is 46.7. The maximum Gasteiger partial charge on any atom is 0.312 e. The van der Waals surface area contributed by atoms with Crippen LogP contribution in [0.1, 0.15) is 33.1 Å². The average molecular weight is 184 g/mol. The van der Waals surface area contributed by atoms with Crippen LogP contribution < -0.4 is 0 Å². The smallest absolute Gasteiger partial charge is 0.312 e. The fourth-order valence-corrected chi connectivity index (χ4v) is 3.45. The van der Waals surface area contributed by atoms with E-state index >= 15 is 0 Å². The summed E-state index contributed by atoms with van der Waals surface area (Å²) in [5, 5.41) is 19.0. The molecule has 0 radical (unpaired) electrons. The second kappa shape index (κ2) is 2.27. The van der Waals surface area contributed by atoms with Gasteiger partial charge in [-0.15, -0.1) is 0 Å². The van der Waals surface area contributed by atoms with E-state index in [9.17, 15) is 15.0 Å². The first-order valence-corrected chi connectivity index (χ1v) is 4.84. The zero-order valence-electron chi connectivity index (χ0n) is 8.08. The third-order valence-electron chi connectivity index (χ3n) is 4.52. The zero-order valence-corrected chi connectivity index (χ0v) is 8.08. The highest BCUT2D eigenvalue weighted by Gasteiger charge is 2.68. The van der Waals surface area contributed by atoms with Crippen LogP contribution in [0.4, 0.5) is 0 Å². The predicted octanol–water partition coefficient (Wildman–Crippen LogP) is 1.26. The maximum atomic E-state index is 11.2. The lowest BCUT2D eigenvalue weighted by Gasteiger charge is -2.35. The lowest BCUT2D eigenvalue weighted by atomic mass is 9.68. The molecule has 3 unspecified atom stereocenters. The number of carboxylic acid groups (broad SMARTS) is 1. The quantitative estimate of drug-likeness (QED) is 0.645. The molecule has 2 fully saturated rings. The minimum Gasteiger partial charge on any atom is -0.481 e. The molecule has 0 heterocycles. The molecule has 2 rings (SSSR count). The number of aliphatic hydroxyl groups excluding tert-OH is 1. The van der Waals surface area contributed by atoms with Crippen molar-refractivity contribution < 1.29 is 15.0 Å². The Morgan fingerprint density at radius 2 is 2.08 bits per heavy atom. The Balaban J connectivity index is 2.49. The number of rotatable bonds is 1. The van der Waals surface area contributed by atoms with Crippen molar-refractivity contribution in [1.29, 1.82) is 0 Å². The first-order chi connectivity index (χ1) is 5.93. The SMILES string of the molecule is CC1(C)C2CCC1(C(=O)O)C(O)C2. The van der Waals surface area contributed by atoms with Gasteiger partial charge in [-0.1, -0.05) is 13.8 Å². The fourth-order valence-electron chi connectivity index (χ4n) is 3.45. The molecule has 2 saturated carbocycles. The molecule has 0 amide bonds. The van der Waals surface area contributed by atoms with Gasteiger partial charge in [0, 0.05) is 0 Å². The highest BCUT2D eigenvalue weighted by atomic mass is 16.4. The second-order valence-corrected chi connectivity index (χ2v) is 4.99. The Morgan fingerprint density at radius 3 is 2.31 bits per heavy atom. The van der Waals surface area contributed by atoms with Crippen molar-refractivity contribution in [3.8, 4) is 0 Å². The van der Waals surface area contributed by atoms with E-state index in [4.69, 9.17) is 0 Å². The van der Waals surface area contributed by atoms with E-state index in [1.807, 2.05) is 13.8 Å². The van der Waals surface area contributed by atoms with E-state index in [1.54, 1.807) is 0 Å². The van der Waals surface area contributed by atoms with E-state index in [-0.39, 0.29) is 5.41 Å². The molecule has 0 aromatic carbocycles. The standard InChI is InChI=1S/C10H16O3/c1-9(2)6-3-4-10(9,8(12)13)7(11)5-6/h6-7,11H,3-5H2,1-2H3,(H,12,13). The summed E-state index contributed by atoms with van der Waals surface area (Å²) in [5.74, 6) is -0.427. The van der Waals surface area contributed by atoms with Crippen LogP contribution in [0.15, 0.2) is 0 Å². The first-order valence-electron chi connectivity index (χ1n) is 4.84. The molecule has 0 aliphatic heterocycles. The molecule has 2 N–H and O–H groups in total. The van der Waals surface area contributed by atoms with Crippen LogP contribution in [0, 0.1) is 16.7 Å². The van der Waals surface area contributed by atoms with Crippen molar-refractivity contribution in [3.63, 3.8) is 0 Å². The van der Waals surface area contributed by atoms with Gasteiger partial charge in [0.25, 0.3) is 0 Å². The van der Waals surface area contributed by atoms with Crippen LogP contribution in [0.3, 0.4) is 0 Å². The Bertz CT molecular complexity index is 259. The third-order valence-corrected chi connectivity index (χ3v) is 4.52. The van der Waals surface area contributed by atoms with Gasteiger partial charge in [0.05, 0.1) is 11.5 Å². The van der Waals surface area contributed by atoms with E-state index in [0.717, 1.165) is 6.42 Å². The van der Waals surface area contributed by atoms with Crippen molar-refractivity contribution in [3.05, 3.63) is 0 Å². The Morgan fingerprint density at radius 1 is 1.46 bits per heavy atom. The van der Waals surface area contributed by atoms with Gasteiger partial charge in [0.1, 0.15) is 0 Å². The lowest BCUT2D eigenvalue weighted by Crippen LogP contribution is -2.45. The van der Waals surface area contributed by atoms with Gasteiger partial charge in [-0.2, -0.15) is 0 Å². The number of carboxylic acids is 1. The lowest BCUT2D eigenvalue weighted by molar-refractivity contribution is -0.161. The zero-order chi connectivity index (χ0) is 9.85. The van der Waals surface area contributed by atoms with Crippen LogP contribution in [0.2, 0.25) is 0 Å². The van der Waals surface area contributed by atoms with E-state index in [2.05, 4.69) is 0 Å². The molecular weight excluding hydrogens is 168 g/mol. The summed E-state index contributed by atoms with van der Waals surface area (Å²) in [5.41, 5.74) is -1.10. The van der Waals surface area contributed by atoms with Gasteiger partial charge in [0.2, 0.25) is 0 Å². The second-order valence-electron chi connectivity index (χ2n) is 4.99. The molecule has 2 aliphatic rings. The number of hydrogen-bond acceptors (Lipinski definition) is 2. The number of carbonyl (C=O) groups is 1. The van der Waals surface area contributed by atoms with Crippen LogP contribution in [-0.2, 0) is 4.79 Å². The molecule has 13 heavy (non-hydrogen) atoms. The Labute approximate surface area is 77.8 Å². The predicted molar refractivity (Wildman–Crippen MR) is 47.2 cm³/mol. The van der Waals surface area contributed by atoms with Crippen molar-refractivity contribution in [2.45, 2.75) is 39.2 Å². The molecule has 0 spiro atoms. The summed E-state index contributed by atoms with van der Waals surface area (Å²) in [6.45, 7) is 3.96. The number of fused-ring (bicyclic) bond motifs is 2. The monoisotopic (exact) mass is 184 g/mol. The highest BCUT2D eigenvalue weighted by molar-refractivity contribution is 5.78. The van der Waals surface area contributed by atoms with Gasteiger partial charge < -0.3 is 10.2 Å². The topological polar surface area (TPSA) is 57.5 Å². The van der Waals surface area contributed by atoms with Gasteiger partial charge in [-0.25, -0.2) is 0 Å². The summed E-state index contributed by atoms with van der Waals surface area (Å²) in [7, 11) is 0. The van der Waals surface area contributed by atoms with Crippen molar-refractivity contribution in [2.75, 3.05) is 0 Å². The maximum absolute atomic E-state index is 11.2. The summed E-state index contributed by atoms with van der Waals surface area (Å²) in [6.07, 6.45) is 1.62.